The quantitative estimate of drug-likeness (QED) is 0.240. The Bertz CT molecular complexity index is 448. The number of esters is 1. The van der Waals surface area contributed by atoms with Gasteiger partial charge in [-0.1, -0.05) is 0 Å². The molecule has 1 fully saturated rings. The molecule has 1 saturated heterocycles. The summed E-state index contributed by atoms with van der Waals surface area (Å²) in [6.45, 7) is 6.74. The van der Waals surface area contributed by atoms with Crippen molar-refractivity contribution in [3.8, 4) is 0 Å². The van der Waals surface area contributed by atoms with E-state index >= 15 is 0 Å². The Kier molecular flexibility index (Phi) is 12.0. The molecule has 0 aromatic carbocycles. The van der Waals surface area contributed by atoms with E-state index in [2.05, 4.69) is 6.92 Å². The number of aliphatic hydroxyl groups excluding tert-OH is 2. The van der Waals surface area contributed by atoms with Crippen molar-refractivity contribution < 1.29 is 29.1 Å². The average molecular weight is 392 g/mol. The predicted octanol–water partition coefficient (Wildman–Crippen LogP) is 1.71. The number of carbonyl (C=O) groups is 1. The molecule has 1 rings (SSSR count). The molecule has 1 unspecified atom stereocenters. The SMILES string of the molecule is CCOC(=O)C[C@H](O)C[C@H]1C[C@@H](O)C[C@@H](C[C@@H](C)CCOB=[PH]=S)O1. The standard InChI is InChI=1S/C16H30BO6PS/c1-3-21-16(20)10-13(19)9-15-8-12(18)7-14(23-15)6-11(2)4-5-22-17-24-25/h11-15,18-19,24H,3-10H2,1-2H3/t11-,12-,13+,14+,15+/m0/s1. The second kappa shape index (κ2) is 13.1. The van der Waals surface area contributed by atoms with Crippen molar-refractivity contribution >= 4 is 31.4 Å². The first-order chi connectivity index (χ1) is 11.9. The molecule has 6 atom stereocenters. The first-order valence-electron chi connectivity index (χ1n) is 8.92. The number of ether oxygens (including phenoxy) is 2. The van der Waals surface area contributed by atoms with Gasteiger partial charge < -0.3 is 4.74 Å². The average Bonchev–Trinajstić information content (AvgIpc) is 2.50. The van der Waals surface area contributed by atoms with Crippen LogP contribution in [0.1, 0.15) is 52.4 Å². The van der Waals surface area contributed by atoms with E-state index in [1.54, 1.807) is 13.7 Å². The number of carbonyl (C=O) groups excluding carboxylic acids is 1. The summed E-state index contributed by atoms with van der Waals surface area (Å²) in [6, 6.07) is 0. The Balaban J connectivity index is 2.37. The fraction of sp³-hybridized carbons (Fsp3) is 0.938. The Morgan fingerprint density at radius 2 is 2.08 bits per heavy atom. The summed E-state index contributed by atoms with van der Waals surface area (Å²) in [5.41, 5.74) is 0. The van der Waals surface area contributed by atoms with Gasteiger partial charge >= 0.3 is 133 Å². The van der Waals surface area contributed by atoms with Gasteiger partial charge in [0.25, 0.3) is 0 Å². The first-order valence-corrected chi connectivity index (χ1v) is 11.1. The van der Waals surface area contributed by atoms with Crippen molar-refractivity contribution in [3.63, 3.8) is 0 Å². The predicted molar refractivity (Wildman–Crippen MR) is 102 cm³/mol. The Morgan fingerprint density at radius 3 is 2.72 bits per heavy atom. The van der Waals surface area contributed by atoms with Gasteiger partial charge in [0.05, 0.1) is 6.61 Å². The summed E-state index contributed by atoms with van der Waals surface area (Å²) in [6.07, 6.45) is 1.61. The molecule has 1 aliphatic rings. The van der Waals surface area contributed by atoms with E-state index in [9.17, 15) is 15.0 Å². The van der Waals surface area contributed by atoms with E-state index in [1.165, 1.54) is 0 Å². The molecule has 144 valence electrons. The molecule has 0 saturated carbocycles. The topological polar surface area (TPSA) is 85.2 Å². The van der Waals surface area contributed by atoms with Crippen molar-refractivity contribution in [3.05, 3.63) is 0 Å². The Labute approximate surface area is 156 Å². The second-order valence-corrected chi connectivity index (χ2v) is 7.82. The maximum absolute atomic E-state index is 11.4. The van der Waals surface area contributed by atoms with E-state index in [-0.39, 0.29) is 25.5 Å². The minimum absolute atomic E-state index is 0.0386. The Morgan fingerprint density at radius 1 is 1.40 bits per heavy atom. The maximum atomic E-state index is 11.4. The first kappa shape index (κ1) is 22.9. The van der Waals surface area contributed by atoms with Crippen LogP contribution in [0.3, 0.4) is 0 Å². The number of hydrogen-bond donors (Lipinski definition) is 2. The summed E-state index contributed by atoms with van der Waals surface area (Å²) < 4.78 is 16.2. The summed E-state index contributed by atoms with van der Waals surface area (Å²) >= 11 is 4.81. The summed E-state index contributed by atoms with van der Waals surface area (Å²) in [4.78, 5) is 11.4. The van der Waals surface area contributed by atoms with Crippen LogP contribution in [0.25, 0.3) is 0 Å². The molecular weight excluding hydrogens is 362 g/mol. The van der Waals surface area contributed by atoms with Crippen LogP contribution in [0.5, 0.6) is 0 Å². The van der Waals surface area contributed by atoms with E-state index in [0.29, 0.717) is 38.4 Å². The van der Waals surface area contributed by atoms with Crippen LogP contribution in [0.15, 0.2) is 0 Å². The molecule has 0 amide bonds. The van der Waals surface area contributed by atoms with Gasteiger partial charge in [0.15, 0.2) is 0 Å². The molecule has 0 aromatic heterocycles. The van der Waals surface area contributed by atoms with Crippen LogP contribution in [0.4, 0.5) is 0 Å². The molecule has 1 aliphatic heterocycles. The zero-order chi connectivity index (χ0) is 18.7. The van der Waals surface area contributed by atoms with Crippen LogP contribution >= 0.6 is 6.85 Å². The van der Waals surface area contributed by atoms with E-state index in [1.807, 2.05) is 0 Å². The molecule has 0 aliphatic carbocycles. The zero-order valence-electron chi connectivity index (χ0n) is 15.1. The third-order valence-corrected chi connectivity index (χ3v) is 4.77. The molecular formula is C16H30BO6PS. The zero-order valence-corrected chi connectivity index (χ0v) is 16.9. The van der Waals surface area contributed by atoms with Crippen molar-refractivity contribution in [2.45, 2.75) is 76.8 Å². The van der Waals surface area contributed by atoms with Gasteiger partial charge in [-0.05, 0) is 6.92 Å². The molecule has 0 aromatic rings. The summed E-state index contributed by atoms with van der Waals surface area (Å²) in [7, 11) is 0. The van der Waals surface area contributed by atoms with Gasteiger partial charge in [0.2, 0.25) is 0 Å². The minimum atomic E-state index is -0.810. The summed E-state index contributed by atoms with van der Waals surface area (Å²) in [5, 5.41) is 20.1. The van der Waals surface area contributed by atoms with Crippen molar-refractivity contribution in [2.24, 2.45) is 5.92 Å². The molecule has 6 nitrogen and oxygen atoms in total. The van der Waals surface area contributed by atoms with Crippen molar-refractivity contribution in [2.75, 3.05) is 13.2 Å². The van der Waals surface area contributed by atoms with Crippen LogP contribution in [0, 0.1) is 5.92 Å². The molecule has 0 bridgehead atoms. The molecule has 25 heavy (non-hydrogen) atoms. The summed E-state index contributed by atoms with van der Waals surface area (Å²) in [5.74, 6) is -0.00436. The fourth-order valence-corrected chi connectivity index (χ4v) is 3.51. The van der Waals surface area contributed by atoms with E-state index in [4.69, 9.17) is 25.9 Å². The number of aliphatic hydroxyl groups is 2. The van der Waals surface area contributed by atoms with Crippen LogP contribution < -0.4 is 0 Å². The normalized spacial score (nSPS) is 26.0. The van der Waals surface area contributed by atoms with Crippen LogP contribution in [-0.4, -0.2) is 60.6 Å². The van der Waals surface area contributed by atoms with Crippen LogP contribution in [0.2, 0.25) is 0 Å². The number of hydrogen-bond acceptors (Lipinski definition) is 7. The van der Waals surface area contributed by atoms with Gasteiger partial charge in [-0.3, -0.25) is 4.79 Å². The van der Waals surface area contributed by atoms with Crippen molar-refractivity contribution in [1.82, 2.24) is 0 Å². The Hall–Kier alpha value is -0.105. The van der Waals surface area contributed by atoms with Gasteiger partial charge in [0, 0.05) is 0 Å². The molecule has 1 heterocycles. The fourth-order valence-electron chi connectivity index (χ4n) is 3.12. The van der Waals surface area contributed by atoms with Crippen LogP contribution in [-0.2, 0) is 30.7 Å². The second-order valence-electron chi connectivity index (χ2n) is 6.64. The van der Waals surface area contributed by atoms with Gasteiger partial charge in [-0.25, -0.2) is 0 Å². The molecule has 9 heteroatoms. The van der Waals surface area contributed by atoms with Gasteiger partial charge in [-0.15, -0.1) is 0 Å². The third-order valence-electron chi connectivity index (χ3n) is 4.22. The van der Waals surface area contributed by atoms with Gasteiger partial charge in [0.1, 0.15) is 0 Å². The molecule has 0 spiro atoms. The number of rotatable bonds is 11. The third kappa shape index (κ3) is 10.6. The van der Waals surface area contributed by atoms with Gasteiger partial charge in [-0.2, -0.15) is 0 Å². The van der Waals surface area contributed by atoms with E-state index < -0.39 is 18.2 Å². The van der Waals surface area contributed by atoms with E-state index in [0.717, 1.165) is 12.8 Å². The van der Waals surface area contributed by atoms with Crippen molar-refractivity contribution in [1.29, 1.82) is 0 Å². The molecule has 2 N–H and O–H groups in total. The molecule has 0 radical (unpaired) electrons. The monoisotopic (exact) mass is 392 g/mol.